The molecule has 0 aliphatic rings. The van der Waals surface area contributed by atoms with Crippen LogP contribution in [-0.2, 0) is 11.2 Å². The Morgan fingerprint density at radius 2 is 1.94 bits per heavy atom. The van der Waals surface area contributed by atoms with Crippen molar-refractivity contribution in [1.29, 1.82) is 10.8 Å². The van der Waals surface area contributed by atoms with Gasteiger partial charge < -0.3 is 19.2 Å². The Hall–Kier alpha value is -3.94. The van der Waals surface area contributed by atoms with Gasteiger partial charge in [0.25, 0.3) is 11.8 Å². The summed E-state index contributed by atoms with van der Waals surface area (Å²) in [6.07, 6.45) is 3.09. The highest BCUT2D eigenvalue weighted by molar-refractivity contribution is 6.08. The minimum Gasteiger partial charge on any atom is -0.496 e. The molecule has 0 atom stereocenters. The van der Waals surface area contributed by atoms with E-state index in [1.54, 1.807) is 18.2 Å². The molecular weight excluding hydrogens is 401 g/mol. The monoisotopic (exact) mass is 423 g/mol. The maximum Gasteiger partial charge on any atom is 0.259 e. The fourth-order valence-corrected chi connectivity index (χ4v) is 2.95. The zero-order chi connectivity index (χ0) is 22.4. The molecule has 3 rings (SSSR count). The lowest BCUT2D eigenvalue weighted by molar-refractivity contribution is 0.102. The van der Waals surface area contributed by atoms with Crippen LogP contribution < -0.4 is 10.1 Å². The summed E-state index contributed by atoms with van der Waals surface area (Å²) < 4.78 is 29.8. The summed E-state index contributed by atoms with van der Waals surface area (Å²) in [6, 6.07) is 12.1. The van der Waals surface area contributed by atoms with Crippen molar-refractivity contribution in [2.75, 3.05) is 12.4 Å². The summed E-state index contributed by atoms with van der Waals surface area (Å²) in [7, 11) is 1.46. The second kappa shape index (κ2) is 9.71. The van der Waals surface area contributed by atoms with Crippen molar-refractivity contribution in [3.05, 3.63) is 83.1 Å². The van der Waals surface area contributed by atoms with Crippen LogP contribution in [0.3, 0.4) is 0 Å². The third-order valence-electron chi connectivity index (χ3n) is 4.47. The molecule has 0 aliphatic heterocycles. The van der Waals surface area contributed by atoms with E-state index in [9.17, 15) is 9.18 Å². The van der Waals surface area contributed by atoms with Crippen molar-refractivity contribution in [3.63, 3.8) is 0 Å². The van der Waals surface area contributed by atoms with E-state index in [1.165, 1.54) is 31.6 Å². The Balaban J connectivity index is 1.80. The summed E-state index contributed by atoms with van der Waals surface area (Å²) >= 11 is 0. The van der Waals surface area contributed by atoms with Crippen LogP contribution in [-0.4, -0.2) is 24.8 Å². The number of amides is 1. The number of nitrogens with one attached hydrogen (secondary N) is 3. The Morgan fingerprint density at radius 3 is 2.61 bits per heavy atom. The first-order chi connectivity index (χ1) is 14.9. The predicted molar refractivity (Wildman–Crippen MR) is 115 cm³/mol. The molecule has 0 spiro atoms. The summed E-state index contributed by atoms with van der Waals surface area (Å²) in [4.78, 5) is 12.8. The van der Waals surface area contributed by atoms with Gasteiger partial charge in [0.1, 0.15) is 11.6 Å². The van der Waals surface area contributed by atoms with Gasteiger partial charge in [0.15, 0.2) is 5.76 Å². The topological polar surface area (TPSA) is 108 Å². The van der Waals surface area contributed by atoms with Crippen LogP contribution in [0.25, 0.3) is 0 Å². The summed E-state index contributed by atoms with van der Waals surface area (Å²) in [5.41, 5.74) is 1.31. The first-order valence-corrected chi connectivity index (χ1v) is 9.60. The predicted octanol–water partition coefficient (Wildman–Crippen LogP) is 5.00. The van der Waals surface area contributed by atoms with Crippen molar-refractivity contribution < 1.29 is 23.1 Å². The molecular formula is C23H22FN3O4. The second-order valence-electron chi connectivity index (χ2n) is 6.67. The molecule has 0 saturated heterocycles. The number of furan rings is 1. The SMILES string of the molecule is CCCc1ccc(OC)c(C(=O)Nc2cc(C(=N)OC(=N)c3ccco3)ccc2F)c1. The minimum absolute atomic E-state index is 0.122. The molecule has 1 aromatic heterocycles. The van der Waals surface area contributed by atoms with Crippen LogP contribution in [0, 0.1) is 16.6 Å². The molecule has 31 heavy (non-hydrogen) atoms. The third kappa shape index (κ3) is 5.16. The number of anilines is 1. The lowest BCUT2D eigenvalue weighted by Crippen LogP contribution is -2.16. The smallest absolute Gasteiger partial charge is 0.259 e. The third-order valence-corrected chi connectivity index (χ3v) is 4.47. The lowest BCUT2D eigenvalue weighted by atomic mass is 10.0. The molecule has 0 unspecified atom stereocenters. The van der Waals surface area contributed by atoms with E-state index >= 15 is 0 Å². The van der Waals surface area contributed by atoms with Crippen LogP contribution in [0.15, 0.2) is 59.2 Å². The quantitative estimate of drug-likeness (QED) is 0.367. The van der Waals surface area contributed by atoms with Crippen LogP contribution in [0.1, 0.15) is 40.6 Å². The van der Waals surface area contributed by atoms with Gasteiger partial charge in [-0.3, -0.25) is 15.6 Å². The Morgan fingerprint density at radius 1 is 1.13 bits per heavy atom. The highest BCUT2D eigenvalue weighted by Crippen LogP contribution is 2.24. The van der Waals surface area contributed by atoms with E-state index < -0.39 is 11.7 Å². The maximum absolute atomic E-state index is 14.4. The normalized spacial score (nSPS) is 10.4. The van der Waals surface area contributed by atoms with E-state index in [0.29, 0.717) is 5.75 Å². The van der Waals surface area contributed by atoms with E-state index in [-0.39, 0.29) is 34.4 Å². The number of methoxy groups -OCH3 is 1. The van der Waals surface area contributed by atoms with E-state index in [1.807, 2.05) is 13.0 Å². The number of hydrogen-bond acceptors (Lipinski definition) is 6. The molecule has 0 saturated carbocycles. The molecule has 1 amide bonds. The molecule has 1 heterocycles. The van der Waals surface area contributed by atoms with Gasteiger partial charge in [0.2, 0.25) is 5.90 Å². The number of carbonyl (C=O) groups excluding carboxylic acids is 1. The van der Waals surface area contributed by atoms with Gasteiger partial charge in [0, 0.05) is 5.56 Å². The molecule has 0 bridgehead atoms. The van der Waals surface area contributed by atoms with Gasteiger partial charge in [-0.15, -0.1) is 0 Å². The number of ether oxygens (including phenoxy) is 2. The van der Waals surface area contributed by atoms with E-state index in [2.05, 4.69) is 5.32 Å². The number of halogens is 1. The number of hydrogen-bond donors (Lipinski definition) is 3. The molecule has 3 N–H and O–H groups in total. The van der Waals surface area contributed by atoms with E-state index in [4.69, 9.17) is 24.7 Å². The van der Waals surface area contributed by atoms with E-state index in [0.717, 1.165) is 24.5 Å². The fraction of sp³-hybridized carbons (Fsp3) is 0.174. The van der Waals surface area contributed by atoms with Gasteiger partial charge in [-0.1, -0.05) is 19.4 Å². The van der Waals surface area contributed by atoms with Gasteiger partial charge in [-0.2, -0.15) is 0 Å². The standard InChI is InChI=1S/C23H22FN3O4/c1-3-5-14-7-10-19(29-2)16(12-14)23(28)27-18-13-15(8-9-17(18)24)21(25)31-22(26)20-6-4-11-30-20/h4,6-13,25-26H,3,5H2,1-2H3,(H,27,28). The zero-order valence-corrected chi connectivity index (χ0v) is 17.1. The lowest BCUT2D eigenvalue weighted by Gasteiger charge is -2.13. The Kier molecular flexibility index (Phi) is 6.81. The number of carbonyl (C=O) groups is 1. The molecule has 7 nitrogen and oxygen atoms in total. The maximum atomic E-state index is 14.4. The van der Waals surface area contributed by atoms with Gasteiger partial charge >= 0.3 is 0 Å². The van der Waals surface area contributed by atoms with Crippen LogP contribution >= 0.6 is 0 Å². The molecule has 3 aromatic rings. The summed E-state index contributed by atoms with van der Waals surface area (Å²) in [5.74, 6) is -1.44. The van der Waals surface area contributed by atoms with Crippen molar-refractivity contribution >= 4 is 23.4 Å². The van der Waals surface area contributed by atoms with Crippen molar-refractivity contribution in [3.8, 4) is 5.75 Å². The number of benzene rings is 2. The van der Waals surface area contributed by atoms with Crippen LogP contribution in [0.4, 0.5) is 10.1 Å². The first kappa shape index (κ1) is 21.8. The van der Waals surface area contributed by atoms with Crippen molar-refractivity contribution in [1.82, 2.24) is 0 Å². The average molecular weight is 423 g/mol. The zero-order valence-electron chi connectivity index (χ0n) is 17.1. The molecule has 8 heteroatoms. The highest BCUT2D eigenvalue weighted by atomic mass is 19.1. The minimum atomic E-state index is -0.672. The largest absolute Gasteiger partial charge is 0.496 e. The average Bonchev–Trinajstić information content (AvgIpc) is 3.30. The van der Waals surface area contributed by atoms with Gasteiger partial charge in [-0.25, -0.2) is 4.39 Å². The molecule has 0 fully saturated rings. The fourth-order valence-electron chi connectivity index (χ4n) is 2.95. The van der Waals surface area contributed by atoms with Crippen molar-refractivity contribution in [2.45, 2.75) is 19.8 Å². The van der Waals surface area contributed by atoms with Gasteiger partial charge in [-0.05, 0) is 54.4 Å². The Labute approximate surface area is 178 Å². The first-order valence-electron chi connectivity index (χ1n) is 9.60. The summed E-state index contributed by atoms with van der Waals surface area (Å²) in [5, 5.41) is 18.4. The number of rotatable bonds is 7. The molecule has 0 radical (unpaired) electrons. The molecule has 160 valence electrons. The second-order valence-corrected chi connectivity index (χ2v) is 6.67. The Bertz CT molecular complexity index is 1110. The summed E-state index contributed by atoms with van der Waals surface area (Å²) in [6.45, 7) is 2.04. The highest BCUT2D eigenvalue weighted by Gasteiger charge is 2.17. The van der Waals surface area contributed by atoms with Gasteiger partial charge in [0.05, 0.1) is 24.6 Å². The van der Waals surface area contributed by atoms with Crippen molar-refractivity contribution in [2.24, 2.45) is 0 Å². The van der Waals surface area contributed by atoms with Crippen LogP contribution in [0.5, 0.6) is 5.75 Å². The number of aryl methyl sites for hydroxylation is 1. The molecule has 2 aromatic carbocycles. The molecule has 0 aliphatic carbocycles. The van der Waals surface area contributed by atoms with Crippen LogP contribution in [0.2, 0.25) is 0 Å².